The summed E-state index contributed by atoms with van der Waals surface area (Å²) in [6, 6.07) is 19.5. The standard InChI is InChI=1S/C36H45N3O5/c1-24(2)22-39(34-10-5-7-25(3)37-34)36(42)31-14-13-29(43-4)20-33(31)38-17-15-26(16-18-38)23-44-30-9-6-8-28(19-30)32(21-35(40)41)27-11-12-27/h5-10,13-14,19-20,24,26-27,32H,11-12,15-18,21-23H2,1-4H3,(H,40,41). The van der Waals surface area contributed by atoms with Gasteiger partial charge in [0.15, 0.2) is 0 Å². The Morgan fingerprint density at radius 3 is 2.41 bits per heavy atom. The van der Waals surface area contributed by atoms with Gasteiger partial charge in [-0.15, -0.1) is 0 Å². The summed E-state index contributed by atoms with van der Waals surface area (Å²) in [7, 11) is 1.65. The van der Waals surface area contributed by atoms with Crippen molar-refractivity contribution in [2.45, 2.75) is 58.8 Å². The second kappa shape index (κ2) is 14.1. The van der Waals surface area contributed by atoms with Gasteiger partial charge >= 0.3 is 5.97 Å². The number of carbonyl (C=O) groups is 2. The van der Waals surface area contributed by atoms with Crippen LogP contribution < -0.4 is 19.3 Å². The van der Waals surface area contributed by atoms with Crippen LogP contribution in [-0.2, 0) is 4.79 Å². The van der Waals surface area contributed by atoms with Gasteiger partial charge in [0.2, 0.25) is 0 Å². The zero-order chi connectivity index (χ0) is 31.2. The minimum absolute atomic E-state index is 0.0530. The number of piperidine rings is 1. The summed E-state index contributed by atoms with van der Waals surface area (Å²) >= 11 is 0. The van der Waals surface area contributed by atoms with E-state index in [4.69, 9.17) is 9.47 Å². The Hall–Kier alpha value is -4.07. The summed E-state index contributed by atoms with van der Waals surface area (Å²) < 4.78 is 11.8. The fraction of sp³-hybridized carbons (Fsp3) is 0.472. The van der Waals surface area contributed by atoms with E-state index in [1.165, 1.54) is 0 Å². The molecular formula is C36H45N3O5. The highest BCUT2D eigenvalue weighted by molar-refractivity contribution is 6.09. The van der Waals surface area contributed by atoms with Crippen molar-refractivity contribution in [3.8, 4) is 11.5 Å². The van der Waals surface area contributed by atoms with Gasteiger partial charge in [0.1, 0.15) is 17.3 Å². The van der Waals surface area contributed by atoms with Crippen molar-refractivity contribution >= 4 is 23.4 Å². The Kier molecular flexibility index (Phi) is 10.1. The summed E-state index contributed by atoms with van der Waals surface area (Å²) in [5.74, 6) is 2.55. The molecule has 1 unspecified atom stereocenters. The molecule has 2 aliphatic rings. The molecule has 0 radical (unpaired) electrons. The number of aryl methyl sites for hydroxylation is 1. The minimum atomic E-state index is -0.750. The van der Waals surface area contributed by atoms with E-state index in [9.17, 15) is 14.7 Å². The van der Waals surface area contributed by atoms with Gasteiger partial charge in [-0.2, -0.15) is 0 Å². The van der Waals surface area contributed by atoms with Gasteiger partial charge in [-0.1, -0.05) is 32.0 Å². The van der Waals surface area contributed by atoms with Crippen LogP contribution in [0.25, 0.3) is 0 Å². The third kappa shape index (κ3) is 7.90. The predicted octanol–water partition coefficient (Wildman–Crippen LogP) is 6.97. The number of amides is 1. The van der Waals surface area contributed by atoms with Crippen LogP contribution in [0.15, 0.2) is 60.7 Å². The van der Waals surface area contributed by atoms with Gasteiger partial charge in [-0.3, -0.25) is 14.5 Å². The third-order valence-corrected chi connectivity index (χ3v) is 8.69. The number of carbonyl (C=O) groups excluding carboxylic acids is 1. The van der Waals surface area contributed by atoms with E-state index in [0.717, 1.165) is 67.2 Å². The van der Waals surface area contributed by atoms with Gasteiger partial charge in [-0.05, 0) is 98.2 Å². The number of carboxylic acids is 1. The van der Waals surface area contributed by atoms with Crippen LogP contribution in [0.2, 0.25) is 0 Å². The van der Waals surface area contributed by atoms with Crippen molar-refractivity contribution in [1.29, 1.82) is 0 Å². The highest BCUT2D eigenvalue weighted by Crippen LogP contribution is 2.45. The molecule has 2 fully saturated rings. The lowest BCUT2D eigenvalue weighted by Gasteiger charge is -2.35. The van der Waals surface area contributed by atoms with Gasteiger partial charge in [0.05, 0.1) is 31.4 Å². The molecule has 3 aromatic rings. The van der Waals surface area contributed by atoms with E-state index < -0.39 is 5.97 Å². The number of nitrogens with zero attached hydrogens (tertiary/aromatic N) is 3. The largest absolute Gasteiger partial charge is 0.497 e. The number of aromatic nitrogens is 1. The first kappa shape index (κ1) is 31.4. The van der Waals surface area contributed by atoms with E-state index >= 15 is 0 Å². The Morgan fingerprint density at radius 1 is 1.00 bits per heavy atom. The molecule has 2 heterocycles. The lowest BCUT2D eigenvalue weighted by Crippen LogP contribution is -2.39. The summed E-state index contributed by atoms with van der Waals surface area (Å²) in [4.78, 5) is 34.3. The number of carboxylic acid groups (broad SMARTS) is 1. The maximum Gasteiger partial charge on any atom is 0.303 e. The maximum atomic E-state index is 14.1. The number of methoxy groups -OCH3 is 1. The lowest BCUT2D eigenvalue weighted by atomic mass is 9.91. The molecule has 1 saturated heterocycles. The number of hydrogen-bond acceptors (Lipinski definition) is 6. The van der Waals surface area contributed by atoms with Gasteiger partial charge in [0, 0.05) is 31.4 Å². The number of hydrogen-bond donors (Lipinski definition) is 1. The van der Waals surface area contributed by atoms with Crippen molar-refractivity contribution in [2.24, 2.45) is 17.8 Å². The van der Waals surface area contributed by atoms with Crippen LogP contribution in [0.5, 0.6) is 11.5 Å². The molecule has 1 N–H and O–H groups in total. The van der Waals surface area contributed by atoms with Crippen molar-refractivity contribution in [1.82, 2.24) is 4.98 Å². The van der Waals surface area contributed by atoms with Crippen LogP contribution >= 0.6 is 0 Å². The van der Waals surface area contributed by atoms with E-state index in [-0.39, 0.29) is 24.2 Å². The Balaban J connectivity index is 1.26. The quantitative estimate of drug-likeness (QED) is 0.227. The summed E-state index contributed by atoms with van der Waals surface area (Å²) in [5, 5.41) is 9.40. The topological polar surface area (TPSA) is 92.2 Å². The number of rotatable bonds is 13. The number of aliphatic carboxylic acids is 1. The molecule has 1 amide bonds. The number of pyridine rings is 1. The van der Waals surface area contributed by atoms with Crippen molar-refractivity contribution in [3.63, 3.8) is 0 Å². The van der Waals surface area contributed by atoms with Crippen LogP contribution in [0, 0.1) is 24.7 Å². The second-order valence-corrected chi connectivity index (χ2v) is 12.7. The first-order chi connectivity index (χ1) is 21.2. The molecule has 234 valence electrons. The molecule has 8 heteroatoms. The van der Waals surface area contributed by atoms with Crippen molar-refractivity contribution < 1.29 is 24.2 Å². The van der Waals surface area contributed by atoms with Crippen LogP contribution in [0.4, 0.5) is 11.5 Å². The Morgan fingerprint density at radius 2 is 1.75 bits per heavy atom. The number of ether oxygens (including phenoxy) is 2. The fourth-order valence-corrected chi connectivity index (χ4v) is 6.18. The zero-order valence-corrected chi connectivity index (χ0v) is 26.4. The summed E-state index contributed by atoms with van der Waals surface area (Å²) in [6.45, 7) is 8.93. The molecule has 1 aliphatic carbocycles. The second-order valence-electron chi connectivity index (χ2n) is 12.7. The Bertz CT molecular complexity index is 1450. The van der Waals surface area contributed by atoms with Crippen LogP contribution in [0.3, 0.4) is 0 Å². The van der Waals surface area contributed by atoms with E-state index in [1.54, 1.807) is 12.0 Å². The van der Waals surface area contributed by atoms with Crippen molar-refractivity contribution in [3.05, 3.63) is 77.5 Å². The normalized spacial score (nSPS) is 16.1. The zero-order valence-electron chi connectivity index (χ0n) is 26.4. The van der Waals surface area contributed by atoms with E-state index in [0.29, 0.717) is 36.4 Å². The average Bonchev–Trinajstić information content (AvgIpc) is 3.87. The minimum Gasteiger partial charge on any atom is -0.497 e. The SMILES string of the molecule is COc1ccc(C(=O)N(CC(C)C)c2cccc(C)n2)c(N2CCC(COc3cccc(C(CC(=O)O)C4CC4)c3)CC2)c1. The molecule has 44 heavy (non-hydrogen) atoms. The molecule has 0 bridgehead atoms. The molecule has 8 nitrogen and oxygen atoms in total. The molecule has 5 rings (SSSR count). The van der Waals surface area contributed by atoms with E-state index in [2.05, 4.69) is 23.7 Å². The average molecular weight is 600 g/mol. The fourth-order valence-electron chi connectivity index (χ4n) is 6.18. The molecule has 1 saturated carbocycles. The van der Waals surface area contributed by atoms with Gasteiger partial charge in [-0.25, -0.2) is 4.98 Å². The van der Waals surface area contributed by atoms with Crippen molar-refractivity contribution in [2.75, 3.05) is 43.2 Å². The molecule has 1 atom stereocenters. The number of benzene rings is 2. The van der Waals surface area contributed by atoms with Gasteiger partial charge in [0.25, 0.3) is 5.91 Å². The molecule has 1 aromatic heterocycles. The first-order valence-corrected chi connectivity index (χ1v) is 15.8. The van der Waals surface area contributed by atoms with E-state index in [1.807, 2.05) is 67.6 Å². The smallest absolute Gasteiger partial charge is 0.303 e. The van der Waals surface area contributed by atoms with Crippen LogP contribution in [0.1, 0.15) is 73.5 Å². The van der Waals surface area contributed by atoms with Gasteiger partial charge < -0.3 is 19.5 Å². The highest BCUT2D eigenvalue weighted by atomic mass is 16.5. The highest BCUT2D eigenvalue weighted by Gasteiger charge is 2.34. The summed E-state index contributed by atoms with van der Waals surface area (Å²) in [5.41, 5.74) is 3.46. The monoisotopic (exact) mass is 599 g/mol. The van der Waals surface area contributed by atoms with Crippen LogP contribution in [-0.4, -0.2) is 55.3 Å². The molecule has 1 aliphatic heterocycles. The third-order valence-electron chi connectivity index (χ3n) is 8.69. The molecule has 2 aromatic carbocycles. The number of anilines is 2. The first-order valence-electron chi connectivity index (χ1n) is 15.8. The lowest BCUT2D eigenvalue weighted by molar-refractivity contribution is -0.137. The molecular weight excluding hydrogens is 554 g/mol. The summed E-state index contributed by atoms with van der Waals surface area (Å²) in [6.07, 6.45) is 4.23. The molecule has 0 spiro atoms. The predicted molar refractivity (Wildman–Crippen MR) is 173 cm³/mol. The Labute approximate surface area is 261 Å². The maximum absolute atomic E-state index is 14.1.